The van der Waals surface area contributed by atoms with Crippen LogP contribution in [0, 0.1) is 0 Å². The van der Waals surface area contributed by atoms with Gasteiger partial charge in [-0.1, -0.05) is 24.3 Å². The summed E-state index contributed by atoms with van der Waals surface area (Å²) in [7, 11) is 0. The van der Waals surface area contributed by atoms with Crippen molar-refractivity contribution in [2.45, 2.75) is 6.92 Å². The van der Waals surface area contributed by atoms with Gasteiger partial charge in [-0.15, -0.1) is 0 Å². The number of hydrogen-bond donors (Lipinski definition) is 2. The standard InChI is InChI=1S/C16H15N3O/c1-2-17-16(20)12-9-7-11(8-10-12)15-18-13-5-3-4-6-14(13)19-15/h3-10H,2H2,1H3,(H,17,20)(H,18,19). The molecule has 3 aromatic rings. The molecule has 0 atom stereocenters. The molecule has 2 aromatic carbocycles. The maximum Gasteiger partial charge on any atom is 0.251 e. The van der Waals surface area contributed by atoms with E-state index < -0.39 is 0 Å². The molecular weight excluding hydrogens is 250 g/mol. The number of amides is 1. The summed E-state index contributed by atoms with van der Waals surface area (Å²) in [6.07, 6.45) is 0. The van der Waals surface area contributed by atoms with Crippen molar-refractivity contribution in [2.24, 2.45) is 0 Å². The van der Waals surface area contributed by atoms with E-state index in [9.17, 15) is 4.79 Å². The van der Waals surface area contributed by atoms with Crippen LogP contribution in [0.25, 0.3) is 22.4 Å². The van der Waals surface area contributed by atoms with Crippen LogP contribution in [0.1, 0.15) is 17.3 Å². The van der Waals surface area contributed by atoms with Crippen LogP contribution in [-0.2, 0) is 0 Å². The van der Waals surface area contributed by atoms with Crippen LogP contribution in [-0.4, -0.2) is 22.4 Å². The van der Waals surface area contributed by atoms with Crippen molar-refractivity contribution in [1.82, 2.24) is 15.3 Å². The Bertz CT molecular complexity index is 711. The molecule has 0 saturated carbocycles. The third-order valence-corrected chi connectivity index (χ3v) is 3.15. The highest BCUT2D eigenvalue weighted by molar-refractivity contribution is 5.94. The number of H-pyrrole nitrogens is 1. The Morgan fingerprint density at radius 3 is 2.60 bits per heavy atom. The number of carbonyl (C=O) groups excluding carboxylic acids is 1. The summed E-state index contributed by atoms with van der Waals surface area (Å²) in [4.78, 5) is 19.5. The van der Waals surface area contributed by atoms with Gasteiger partial charge in [0.05, 0.1) is 11.0 Å². The number of hydrogen-bond acceptors (Lipinski definition) is 2. The van der Waals surface area contributed by atoms with Gasteiger partial charge in [-0.25, -0.2) is 4.98 Å². The van der Waals surface area contributed by atoms with Crippen LogP contribution < -0.4 is 5.32 Å². The molecule has 2 N–H and O–H groups in total. The fourth-order valence-electron chi connectivity index (χ4n) is 2.13. The second-order valence-corrected chi connectivity index (χ2v) is 4.54. The molecule has 4 nitrogen and oxygen atoms in total. The van der Waals surface area contributed by atoms with E-state index in [0.717, 1.165) is 22.4 Å². The van der Waals surface area contributed by atoms with Gasteiger partial charge in [-0.05, 0) is 31.2 Å². The van der Waals surface area contributed by atoms with E-state index in [0.29, 0.717) is 12.1 Å². The van der Waals surface area contributed by atoms with E-state index in [1.54, 1.807) is 0 Å². The second-order valence-electron chi connectivity index (χ2n) is 4.54. The molecule has 0 radical (unpaired) electrons. The highest BCUT2D eigenvalue weighted by Gasteiger charge is 2.07. The Morgan fingerprint density at radius 1 is 1.15 bits per heavy atom. The van der Waals surface area contributed by atoms with Gasteiger partial charge in [0.2, 0.25) is 0 Å². The molecule has 0 fully saturated rings. The molecule has 0 aliphatic carbocycles. The lowest BCUT2D eigenvalue weighted by atomic mass is 10.1. The van der Waals surface area contributed by atoms with Gasteiger partial charge in [-0.2, -0.15) is 0 Å². The Balaban J connectivity index is 1.92. The first-order valence-corrected chi connectivity index (χ1v) is 6.61. The van der Waals surface area contributed by atoms with Crippen molar-refractivity contribution in [2.75, 3.05) is 6.54 Å². The lowest BCUT2D eigenvalue weighted by molar-refractivity contribution is 0.0956. The van der Waals surface area contributed by atoms with Gasteiger partial charge in [-0.3, -0.25) is 4.79 Å². The van der Waals surface area contributed by atoms with Gasteiger partial charge in [0.25, 0.3) is 5.91 Å². The molecule has 1 amide bonds. The lowest BCUT2D eigenvalue weighted by Crippen LogP contribution is -2.22. The zero-order valence-electron chi connectivity index (χ0n) is 11.2. The first kappa shape index (κ1) is 12.4. The van der Waals surface area contributed by atoms with E-state index in [1.165, 1.54) is 0 Å². The molecular formula is C16H15N3O. The third kappa shape index (κ3) is 2.28. The van der Waals surface area contributed by atoms with E-state index in [4.69, 9.17) is 0 Å². The van der Waals surface area contributed by atoms with Gasteiger partial charge >= 0.3 is 0 Å². The molecule has 0 unspecified atom stereocenters. The summed E-state index contributed by atoms with van der Waals surface area (Å²) in [5, 5.41) is 2.78. The van der Waals surface area contributed by atoms with Crippen molar-refractivity contribution in [1.29, 1.82) is 0 Å². The van der Waals surface area contributed by atoms with Crippen molar-refractivity contribution >= 4 is 16.9 Å². The minimum absolute atomic E-state index is 0.0522. The van der Waals surface area contributed by atoms with Crippen LogP contribution in [0.2, 0.25) is 0 Å². The molecule has 1 heterocycles. The molecule has 0 spiro atoms. The molecule has 0 saturated heterocycles. The Kier molecular flexibility index (Phi) is 3.21. The Hall–Kier alpha value is -2.62. The number of imidazole rings is 1. The molecule has 4 heteroatoms. The van der Waals surface area contributed by atoms with E-state index in [-0.39, 0.29) is 5.91 Å². The fraction of sp³-hybridized carbons (Fsp3) is 0.125. The normalized spacial score (nSPS) is 10.7. The van der Waals surface area contributed by atoms with E-state index in [1.807, 2.05) is 55.5 Å². The Labute approximate surface area is 116 Å². The molecule has 3 rings (SSSR count). The average molecular weight is 265 g/mol. The quantitative estimate of drug-likeness (QED) is 0.765. The minimum Gasteiger partial charge on any atom is -0.352 e. The highest BCUT2D eigenvalue weighted by Crippen LogP contribution is 2.20. The maximum atomic E-state index is 11.7. The molecule has 100 valence electrons. The number of rotatable bonds is 3. The number of benzene rings is 2. The number of para-hydroxylation sites is 2. The number of nitrogens with zero attached hydrogens (tertiary/aromatic N) is 1. The number of carbonyl (C=O) groups is 1. The number of nitrogens with one attached hydrogen (secondary N) is 2. The molecule has 0 aliphatic heterocycles. The van der Waals surface area contributed by atoms with Gasteiger partial charge in [0.15, 0.2) is 0 Å². The monoisotopic (exact) mass is 265 g/mol. The fourth-order valence-corrected chi connectivity index (χ4v) is 2.13. The minimum atomic E-state index is -0.0522. The van der Waals surface area contributed by atoms with E-state index in [2.05, 4.69) is 15.3 Å². The number of aromatic amines is 1. The SMILES string of the molecule is CCNC(=O)c1ccc(-c2nc3ccccc3[nH]2)cc1. The van der Waals surface area contributed by atoms with Crippen molar-refractivity contribution < 1.29 is 4.79 Å². The van der Waals surface area contributed by atoms with Crippen LogP contribution in [0.15, 0.2) is 48.5 Å². The zero-order chi connectivity index (χ0) is 13.9. The summed E-state index contributed by atoms with van der Waals surface area (Å²) in [5.41, 5.74) is 3.58. The molecule has 20 heavy (non-hydrogen) atoms. The third-order valence-electron chi connectivity index (χ3n) is 3.15. The Morgan fingerprint density at radius 2 is 1.90 bits per heavy atom. The van der Waals surface area contributed by atoms with Gasteiger partial charge in [0, 0.05) is 17.7 Å². The average Bonchev–Trinajstić information content (AvgIpc) is 2.91. The zero-order valence-corrected chi connectivity index (χ0v) is 11.2. The topological polar surface area (TPSA) is 57.8 Å². The van der Waals surface area contributed by atoms with Crippen molar-refractivity contribution in [3.8, 4) is 11.4 Å². The maximum absolute atomic E-state index is 11.7. The summed E-state index contributed by atoms with van der Waals surface area (Å²) in [5.74, 6) is 0.761. The molecule has 0 aliphatic rings. The molecule has 1 aromatic heterocycles. The van der Waals surface area contributed by atoms with Crippen LogP contribution in [0.5, 0.6) is 0 Å². The first-order chi connectivity index (χ1) is 9.78. The van der Waals surface area contributed by atoms with Crippen molar-refractivity contribution in [3.63, 3.8) is 0 Å². The summed E-state index contributed by atoms with van der Waals surface area (Å²) >= 11 is 0. The molecule has 0 bridgehead atoms. The first-order valence-electron chi connectivity index (χ1n) is 6.61. The van der Waals surface area contributed by atoms with Crippen LogP contribution >= 0.6 is 0 Å². The highest BCUT2D eigenvalue weighted by atomic mass is 16.1. The van der Waals surface area contributed by atoms with E-state index >= 15 is 0 Å². The lowest BCUT2D eigenvalue weighted by Gasteiger charge is -2.02. The summed E-state index contributed by atoms with van der Waals surface area (Å²) < 4.78 is 0. The summed E-state index contributed by atoms with van der Waals surface area (Å²) in [6, 6.07) is 15.3. The van der Waals surface area contributed by atoms with Crippen molar-refractivity contribution in [3.05, 3.63) is 54.1 Å². The largest absolute Gasteiger partial charge is 0.352 e. The predicted molar refractivity (Wildman–Crippen MR) is 79.5 cm³/mol. The predicted octanol–water partition coefficient (Wildman–Crippen LogP) is 2.98. The second kappa shape index (κ2) is 5.17. The van der Waals surface area contributed by atoms with Crippen LogP contribution in [0.4, 0.5) is 0 Å². The smallest absolute Gasteiger partial charge is 0.251 e. The van der Waals surface area contributed by atoms with Crippen LogP contribution in [0.3, 0.4) is 0 Å². The number of fused-ring (bicyclic) bond motifs is 1. The van der Waals surface area contributed by atoms with Gasteiger partial charge < -0.3 is 10.3 Å². The summed E-state index contributed by atoms with van der Waals surface area (Å²) in [6.45, 7) is 2.53. The number of aromatic nitrogens is 2. The van der Waals surface area contributed by atoms with Gasteiger partial charge in [0.1, 0.15) is 5.82 Å².